The monoisotopic (exact) mass is 416 g/mol. The van der Waals surface area contributed by atoms with Gasteiger partial charge in [-0.25, -0.2) is 8.42 Å². The fourth-order valence-electron chi connectivity index (χ4n) is 2.26. The van der Waals surface area contributed by atoms with E-state index in [1.165, 1.54) is 0 Å². The van der Waals surface area contributed by atoms with E-state index in [0.717, 1.165) is 22.1 Å². The molecule has 9 heteroatoms. The van der Waals surface area contributed by atoms with E-state index in [1.54, 1.807) is 43.1 Å². The van der Waals surface area contributed by atoms with Gasteiger partial charge in [-0.3, -0.25) is 9.10 Å². The van der Waals surface area contributed by atoms with Crippen LogP contribution in [0.1, 0.15) is 11.3 Å². The molecule has 0 bridgehead atoms. The number of carbonyl (C=O) groups excluding carboxylic acids is 1. The predicted octanol–water partition coefficient (Wildman–Crippen LogP) is 3.06. The van der Waals surface area contributed by atoms with Gasteiger partial charge in [-0.15, -0.1) is 0 Å². The van der Waals surface area contributed by atoms with Crippen molar-refractivity contribution in [3.8, 4) is 0 Å². The second-order valence-corrected chi connectivity index (χ2v) is 9.05. The van der Waals surface area contributed by atoms with Gasteiger partial charge >= 0.3 is 0 Å². The number of rotatable bonds is 9. The molecule has 0 saturated heterocycles. The Bertz CT molecular complexity index is 838. The maximum absolute atomic E-state index is 12.2. The number of amides is 1. The number of carbonyl (C=O) groups is 1. The first-order chi connectivity index (χ1) is 12.3. The van der Waals surface area contributed by atoms with Crippen LogP contribution >= 0.6 is 23.4 Å². The number of hydrogen-bond donors (Lipinski definition) is 1. The molecule has 0 fully saturated rings. The summed E-state index contributed by atoms with van der Waals surface area (Å²) in [5.41, 5.74) is 1.02. The van der Waals surface area contributed by atoms with Crippen molar-refractivity contribution in [3.05, 3.63) is 52.9 Å². The zero-order valence-electron chi connectivity index (χ0n) is 14.6. The standard InChI is InChI=1S/C17H21ClN2O4S2/c1-13-15(18)6-3-7-16(13)20(26(2,22)23)11-17(21)19-8-10-25-12-14-5-4-9-24-14/h3-7,9H,8,10-12H2,1-2H3,(H,19,21). The van der Waals surface area contributed by atoms with Gasteiger partial charge in [-0.1, -0.05) is 17.7 Å². The summed E-state index contributed by atoms with van der Waals surface area (Å²) in [5.74, 6) is 1.93. The minimum atomic E-state index is -3.62. The van der Waals surface area contributed by atoms with Crippen LogP contribution in [0, 0.1) is 6.92 Å². The largest absolute Gasteiger partial charge is 0.468 e. The van der Waals surface area contributed by atoms with Crippen LogP contribution in [0.2, 0.25) is 5.02 Å². The zero-order chi connectivity index (χ0) is 19.2. The number of nitrogens with one attached hydrogen (secondary N) is 1. The number of furan rings is 1. The van der Waals surface area contributed by atoms with E-state index in [-0.39, 0.29) is 12.5 Å². The van der Waals surface area contributed by atoms with Crippen LogP contribution in [0.25, 0.3) is 0 Å². The molecule has 142 valence electrons. The number of thioether (sulfide) groups is 1. The van der Waals surface area contributed by atoms with Crippen LogP contribution < -0.4 is 9.62 Å². The molecule has 0 radical (unpaired) electrons. The molecule has 26 heavy (non-hydrogen) atoms. The molecular weight excluding hydrogens is 396 g/mol. The minimum Gasteiger partial charge on any atom is -0.468 e. The maximum Gasteiger partial charge on any atom is 0.240 e. The Hall–Kier alpha value is -1.64. The summed E-state index contributed by atoms with van der Waals surface area (Å²) in [5, 5.41) is 3.19. The van der Waals surface area contributed by atoms with E-state index in [1.807, 2.05) is 12.1 Å². The predicted molar refractivity (Wildman–Crippen MR) is 106 cm³/mol. The van der Waals surface area contributed by atoms with E-state index in [9.17, 15) is 13.2 Å². The molecule has 1 amide bonds. The van der Waals surface area contributed by atoms with Crippen molar-refractivity contribution >= 4 is 45.0 Å². The Balaban J connectivity index is 1.90. The van der Waals surface area contributed by atoms with Crippen LogP contribution in [0.5, 0.6) is 0 Å². The molecule has 2 rings (SSSR count). The molecule has 0 aliphatic rings. The molecule has 6 nitrogen and oxygen atoms in total. The molecular formula is C17H21ClN2O4S2. The fourth-order valence-corrected chi connectivity index (χ4v) is 4.10. The van der Waals surface area contributed by atoms with Gasteiger partial charge < -0.3 is 9.73 Å². The summed E-state index contributed by atoms with van der Waals surface area (Å²) >= 11 is 7.69. The average Bonchev–Trinajstić information content (AvgIpc) is 3.07. The highest BCUT2D eigenvalue weighted by atomic mass is 35.5. The summed E-state index contributed by atoms with van der Waals surface area (Å²) in [7, 11) is -3.62. The summed E-state index contributed by atoms with van der Waals surface area (Å²) in [4.78, 5) is 12.2. The highest BCUT2D eigenvalue weighted by molar-refractivity contribution is 7.98. The van der Waals surface area contributed by atoms with Gasteiger partial charge in [0, 0.05) is 17.3 Å². The lowest BCUT2D eigenvalue weighted by molar-refractivity contribution is -0.119. The molecule has 0 spiro atoms. The number of halogens is 1. The minimum absolute atomic E-state index is 0.289. The fraction of sp³-hybridized carbons (Fsp3) is 0.353. The van der Waals surface area contributed by atoms with Crippen molar-refractivity contribution in [1.29, 1.82) is 0 Å². The lowest BCUT2D eigenvalue weighted by atomic mass is 10.2. The Morgan fingerprint density at radius 1 is 1.31 bits per heavy atom. The van der Waals surface area contributed by atoms with E-state index >= 15 is 0 Å². The topological polar surface area (TPSA) is 79.6 Å². The van der Waals surface area contributed by atoms with Crippen LogP contribution in [0.4, 0.5) is 5.69 Å². The lowest BCUT2D eigenvalue weighted by Crippen LogP contribution is -2.41. The van der Waals surface area contributed by atoms with Crippen LogP contribution in [-0.4, -0.2) is 39.4 Å². The van der Waals surface area contributed by atoms with E-state index < -0.39 is 10.0 Å². The van der Waals surface area contributed by atoms with Crippen molar-refractivity contribution < 1.29 is 17.6 Å². The first kappa shape index (κ1) is 20.7. The van der Waals surface area contributed by atoms with Crippen LogP contribution in [-0.2, 0) is 20.6 Å². The number of benzene rings is 1. The van der Waals surface area contributed by atoms with Crippen molar-refractivity contribution in [3.63, 3.8) is 0 Å². The van der Waals surface area contributed by atoms with Crippen molar-refractivity contribution in [2.75, 3.05) is 29.4 Å². The summed E-state index contributed by atoms with van der Waals surface area (Å²) in [6.45, 7) is 1.87. The Morgan fingerprint density at radius 3 is 2.73 bits per heavy atom. The highest BCUT2D eigenvalue weighted by Crippen LogP contribution is 2.27. The third kappa shape index (κ3) is 5.96. The molecule has 0 aliphatic carbocycles. The number of hydrogen-bond acceptors (Lipinski definition) is 5. The Labute approximate surface area is 162 Å². The van der Waals surface area contributed by atoms with Gasteiger partial charge in [-0.2, -0.15) is 11.8 Å². The summed E-state index contributed by atoms with van der Waals surface area (Å²) in [6, 6.07) is 8.69. The zero-order valence-corrected chi connectivity index (χ0v) is 17.0. The molecule has 2 aromatic rings. The Kier molecular flexibility index (Phi) is 7.43. The molecule has 1 heterocycles. The third-order valence-electron chi connectivity index (χ3n) is 3.59. The summed E-state index contributed by atoms with van der Waals surface area (Å²) in [6.07, 6.45) is 2.69. The van der Waals surface area contributed by atoms with Crippen molar-refractivity contribution in [2.24, 2.45) is 0 Å². The van der Waals surface area contributed by atoms with Crippen LogP contribution in [0.15, 0.2) is 41.0 Å². The van der Waals surface area contributed by atoms with Gasteiger partial charge in [0.05, 0.1) is 24.0 Å². The normalized spacial score (nSPS) is 11.3. The first-order valence-corrected chi connectivity index (χ1v) is 11.3. The van der Waals surface area contributed by atoms with Crippen LogP contribution in [0.3, 0.4) is 0 Å². The molecule has 1 aromatic carbocycles. The second kappa shape index (κ2) is 9.34. The molecule has 0 unspecified atom stereocenters. The first-order valence-electron chi connectivity index (χ1n) is 7.88. The van der Waals surface area contributed by atoms with Gasteiger partial charge in [0.15, 0.2) is 0 Å². The SMILES string of the molecule is Cc1c(Cl)cccc1N(CC(=O)NCCSCc1ccco1)S(C)(=O)=O. The average molecular weight is 417 g/mol. The van der Waals surface area contributed by atoms with E-state index in [2.05, 4.69) is 5.32 Å². The van der Waals surface area contributed by atoms with Gasteiger partial charge in [0.2, 0.25) is 15.9 Å². The number of sulfonamides is 1. The van der Waals surface area contributed by atoms with Gasteiger partial charge in [0.1, 0.15) is 12.3 Å². The highest BCUT2D eigenvalue weighted by Gasteiger charge is 2.22. The summed E-state index contributed by atoms with van der Waals surface area (Å²) < 4.78 is 30.6. The van der Waals surface area contributed by atoms with Gasteiger partial charge in [0.25, 0.3) is 0 Å². The molecule has 0 atom stereocenters. The molecule has 1 aromatic heterocycles. The van der Waals surface area contributed by atoms with E-state index in [4.69, 9.17) is 16.0 Å². The number of anilines is 1. The van der Waals surface area contributed by atoms with Crippen molar-refractivity contribution in [1.82, 2.24) is 5.32 Å². The Morgan fingerprint density at radius 2 is 2.08 bits per heavy atom. The van der Waals surface area contributed by atoms with E-state index in [0.29, 0.717) is 28.6 Å². The smallest absolute Gasteiger partial charge is 0.240 e. The number of nitrogens with zero attached hydrogens (tertiary/aromatic N) is 1. The molecule has 0 saturated carbocycles. The second-order valence-electron chi connectivity index (χ2n) is 5.64. The quantitative estimate of drug-likeness (QED) is 0.635. The third-order valence-corrected chi connectivity index (χ3v) is 6.11. The molecule has 1 N–H and O–H groups in total. The maximum atomic E-state index is 12.2. The van der Waals surface area contributed by atoms with Crippen molar-refractivity contribution in [2.45, 2.75) is 12.7 Å². The molecule has 0 aliphatic heterocycles. The van der Waals surface area contributed by atoms with Gasteiger partial charge in [-0.05, 0) is 36.8 Å². The lowest BCUT2D eigenvalue weighted by Gasteiger charge is -2.24.